The van der Waals surface area contributed by atoms with Gasteiger partial charge in [-0.15, -0.1) is 0 Å². The number of ketones is 1. The summed E-state index contributed by atoms with van der Waals surface area (Å²) in [6.07, 6.45) is 3.58. The number of hydrogen-bond donors (Lipinski definition) is 0. The van der Waals surface area contributed by atoms with Crippen LogP contribution in [-0.4, -0.2) is 23.9 Å². The van der Waals surface area contributed by atoms with Crippen molar-refractivity contribution >= 4 is 11.5 Å². The Morgan fingerprint density at radius 3 is 2.67 bits per heavy atom. The Hall–Kier alpha value is -2.10. The largest absolute Gasteiger partial charge is 0.365 e. The van der Waals surface area contributed by atoms with E-state index in [1.807, 2.05) is 17.8 Å². The summed E-state index contributed by atoms with van der Waals surface area (Å²) in [4.78, 5) is 13.6. The summed E-state index contributed by atoms with van der Waals surface area (Å²) in [7, 11) is 3.57. The van der Waals surface area contributed by atoms with Gasteiger partial charge in [0.15, 0.2) is 5.78 Å². The van der Waals surface area contributed by atoms with Crippen LogP contribution in [0.15, 0.2) is 42.7 Å². The van der Waals surface area contributed by atoms with E-state index in [0.717, 1.165) is 0 Å². The van der Waals surface area contributed by atoms with Gasteiger partial charge in [0.2, 0.25) is 0 Å². The van der Waals surface area contributed by atoms with Gasteiger partial charge in [0.25, 0.3) is 0 Å². The molecule has 0 atom stereocenters. The van der Waals surface area contributed by atoms with Crippen LogP contribution < -0.4 is 4.90 Å². The lowest BCUT2D eigenvalue weighted by atomic mass is 10.2. The second-order valence-corrected chi connectivity index (χ2v) is 4.30. The van der Waals surface area contributed by atoms with Gasteiger partial charge in [0.1, 0.15) is 5.82 Å². The number of aryl methyl sites for hydroxylation is 1. The Kier molecular flexibility index (Phi) is 3.46. The smallest absolute Gasteiger partial charge is 0.183 e. The molecule has 0 amide bonds. The van der Waals surface area contributed by atoms with Crippen molar-refractivity contribution in [2.24, 2.45) is 7.05 Å². The van der Waals surface area contributed by atoms with Gasteiger partial charge in [-0.25, -0.2) is 4.39 Å². The first kappa shape index (κ1) is 12.4. The minimum Gasteiger partial charge on any atom is -0.365 e. The van der Waals surface area contributed by atoms with Gasteiger partial charge in [-0.05, 0) is 18.2 Å². The zero-order valence-electron chi connectivity index (χ0n) is 10.4. The van der Waals surface area contributed by atoms with E-state index < -0.39 is 0 Å². The highest BCUT2D eigenvalue weighted by Crippen LogP contribution is 2.17. The van der Waals surface area contributed by atoms with Crippen LogP contribution in [0, 0.1) is 5.82 Å². The van der Waals surface area contributed by atoms with E-state index in [0.29, 0.717) is 11.3 Å². The number of halogens is 1. The Morgan fingerprint density at radius 1 is 1.33 bits per heavy atom. The van der Waals surface area contributed by atoms with E-state index in [1.54, 1.807) is 42.4 Å². The molecule has 0 fully saturated rings. The quantitative estimate of drug-likeness (QED) is 0.774. The molecule has 0 aliphatic carbocycles. The molecule has 94 valence electrons. The van der Waals surface area contributed by atoms with Gasteiger partial charge in [-0.1, -0.05) is 12.1 Å². The average Bonchev–Trinajstić information content (AvgIpc) is 2.76. The maximum Gasteiger partial charge on any atom is 0.183 e. The molecule has 1 heterocycles. The highest BCUT2D eigenvalue weighted by Gasteiger charge is 2.13. The van der Waals surface area contributed by atoms with Gasteiger partial charge >= 0.3 is 0 Å². The molecule has 3 nitrogen and oxygen atoms in total. The number of Topliss-reactive ketones (excluding diaryl/α,β-unsaturated/α-hetero) is 1. The fourth-order valence-electron chi connectivity index (χ4n) is 1.82. The van der Waals surface area contributed by atoms with Crippen LogP contribution in [0.3, 0.4) is 0 Å². The molecule has 18 heavy (non-hydrogen) atoms. The summed E-state index contributed by atoms with van der Waals surface area (Å²) in [5.41, 5.74) is 1.07. The van der Waals surface area contributed by atoms with Crippen LogP contribution in [-0.2, 0) is 7.05 Å². The number of para-hydroxylation sites is 1. The number of rotatable bonds is 4. The molecule has 0 aliphatic rings. The van der Waals surface area contributed by atoms with Crippen LogP contribution in [0.2, 0.25) is 0 Å². The van der Waals surface area contributed by atoms with E-state index in [-0.39, 0.29) is 18.1 Å². The Labute approximate surface area is 105 Å². The Morgan fingerprint density at radius 2 is 2.06 bits per heavy atom. The van der Waals surface area contributed by atoms with Crippen LogP contribution in [0.25, 0.3) is 0 Å². The van der Waals surface area contributed by atoms with Crippen LogP contribution in [0.4, 0.5) is 10.1 Å². The monoisotopic (exact) mass is 246 g/mol. The van der Waals surface area contributed by atoms with Crippen molar-refractivity contribution in [2.45, 2.75) is 0 Å². The van der Waals surface area contributed by atoms with Gasteiger partial charge < -0.3 is 9.47 Å². The molecule has 0 saturated carbocycles. The van der Waals surface area contributed by atoms with E-state index >= 15 is 0 Å². The molecule has 0 aliphatic heterocycles. The molecular weight excluding hydrogens is 231 g/mol. The topological polar surface area (TPSA) is 25.2 Å². The number of anilines is 1. The number of carbonyl (C=O) groups excluding carboxylic acids is 1. The summed E-state index contributed by atoms with van der Waals surface area (Å²) in [5.74, 6) is -0.345. The third-order valence-corrected chi connectivity index (χ3v) is 2.80. The third-order valence-electron chi connectivity index (χ3n) is 2.80. The van der Waals surface area contributed by atoms with Crippen LogP contribution in [0.1, 0.15) is 10.4 Å². The fraction of sp³-hybridized carbons (Fsp3) is 0.214. The highest BCUT2D eigenvalue weighted by atomic mass is 19.1. The molecule has 4 heteroatoms. The SMILES string of the molecule is CN(CC(=O)c1ccn(C)c1)c1ccccc1F. The molecule has 0 bridgehead atoms. The lowest BCUT2D eigenvalue weighted by molar-refractivity contribution is 0.100. The van der Waals surface area contributed by atoms with Gasteiger partial charge in [-0.3, -0.25) is 4.79 Å². The van der Waals surface area contributed by atoms with E-state index in [9.17, 15) is 9.18 Å². The Balaban J connectivity index is 2.10. The number of benzene rings is 1. The molecule has 0 unspecified atom stereocenters. The van der Waals surface area contributed by atoms with Crippen molar-refractivity contribution in [3.05, 3.63) is 54.1 Å². The van der Waals surface area contributed by atoms with Gasteiger partial charge in [-0.2, -0.15) is 0 Å². The molecule has 0 spiro atoms. The predicted molar refractivity (Wildman–Crippen MR) is 69.4 cm³/mol. The molecule has 0 radical (unpaired) electrons. The van der Waals surface area contributed by atoms with Crippen LogP contribution >= 0.6 is 0 Å². The van der Waals surface area contributed by atoms with Crippen molar-refractivity contribution in [1.82, 2.24) is 4.57 Å². The van der Waals surface area contributed by atoms with Gasteiger partial charge in [0, 0.05) is 32.1 Å². The summed E-state index contributed by atoms with van der Waals surface area (Å²) < 4.78 is 15.4. The maximum absolute atomic E-state index is 13.5. The summed E-state index contributed by atoms with van der Waals surface area (Å²) in [6.45, 7) is 0.158. The molecule has 1 aromatic carbocycles. The van der Waals surface area contributed by atoms with Crippen molar-refractivity contribution in [3.8, 4) is 0 Å². The summed E-state index contributed by atoms with van der Waals surface area (Å²) in [5, 5.41) is 0. The second kappa shape index (κ2) is 5.04. The number of nitrogens with zero attached hydrogens (tertiary/aromatic N) is 2. The molecular formula is C14H15FN2O. The number of aromatic nitrogens is 1. The minimum absolute atomic E-state index is 0.0265. The van der Waals surface area contributed by atoms with Crippen molar-refractivity contribution < 1.29 is 9.18 Å². The lowest BCUT2D eigenvalue weighted by Crippen LogP contribution is -2.26. The lowest BCUT2D eigenvalue weighted by Gasteiger charge is -2.18. The summed E-state index contributed by atoms with van der Waals surface area (Å²) >= 11 is 0. The van der Waals surface area contributed by atoms with E-state index in [4.69, 9.17) is 0 Å². The molecule has 0 N–H and O–H groups in total. The first-order valence-corrected chi connectivity index (χ1v) is 5.69. The number of likely N-dealkylation sites (N-methyl/N-ethyl adjacent to an activating group) is 1. The van der Waals surface area contributed by atoms with Crippen molar-refractivity contribution in [2.75, 3.05) is 18.5 Å². The molecule has 0 saturated heterocycles. The zero-order chi connectivity index (χ0) is 13.1. The van der Waals surface area contributed by atoms with Gasteiger partial charge in [0.05, 0.1) is 12.2 Å². The first-order valence-electron chi connectivity index (χ1n) is 5.69. The van der Waals surface area contributed by atoms with Crippen molar-refractivity contribution in [3.63, 3.8) is 0 Å². The second-order valence-electron chi connectivity index (χ2n) is 4.30. The normalized spacial score (nSPS) is 10.4. The number of carbonyl (C=O) groups is 1. The van der Waals surface area contributed by atoms with Crippen molar-refractivity contribution in [1.29, 1.82) is 0 Å². The van der Waals surface area contributed by atoms with E-state index in [2.05, 4.69) is 0 Å². The van der Waals surface area contributed by atoms with Crippen LogP contribution in [0.5, 0.6) is 0 Å². The summed E-state index contributed by atoms with van der Waals surface area (Å²) in [6, 6.07) is 8.19. The third kappa shape index (κ3) is 2.59. The average molecular weight is 246 g/mol. The molecule has 2 rings (SSSR count). The van der Waals surface area contributed by atoms with E-state index in [1.165, 1.54) is 6.07 Å². The fourth-order valence-corrected chi connectivity index (χ4v) is 1.82. The Bertz CT molecular complexity index is 562. The highest BCUT2D eigenvalue weighted by molar-refractivity contribution is 5.99. The minimum atomic E-state index is -0.319. The standard InChI is InChI=1S/C14H15FN2O/c1-16-8-7-11(9-16)14(18)10-17(2)13-6-4-3-5-12(13)15/h3-9H,10H2,1-2H3. The first-order chi connectivity index (χ1) is 8.58. The molecule has 2 aromatic rings. The molecule has 1 aromatic heterocycles. The number of hydrogen-bond acceptors (Lipinski definition) is 2. The maximum atomic E-state index is 13.5. The predicted octanol–water partition coefficient (Wildman–Crippen LogP) is 2.48. The zero-order valence-corrected chi connectivity index (χ0v) is 10.4.